The summed E-state index contributed by atoms with van der Waals surface area (Å²) in [5.41, 5.74) is 1.26. The van der Waals surface area contributed by atoms with Crippen LogP contribution in [-0.2, 0) is 16.1 Å². The number of carbonyl (C=O) groups is 2. The molecule has 1 aromatic carbocycles. The van der Waals surface area contributed by atoms with Crippen LogP contribution in [0.3, 0.4) is 0 Å². The number of benzene rings is 1. The molecule has 0 radical (unpaired) electrons. The van der Waals surface area contributed by atoms with Gasteiger partial charge in [0.15, 0.2) is 10.7 Å². The van der Waals surface area contributed by atoms with Gasteiger partial charge >= 0.3 is 5.76 Å². The topological polar surface area (TPSA) is 97.4 Å². The number of amides is 2. The number of hydrogen-bond acceptors (Lipinski definition) is 6. The second-order valence-corrected chi connectivity index (χ2v) is 7.56. The maximum Gasteiger partial charge on any atom is 0.419 e. The fourth-order valence-corrected chi connectivity index (χ4v) is 4.10. The SMILES string of the molecule is O=C(Nc1nccs1)C1CCCN1C(=O)CCCn1c(=O)oc2ccccc21. The summed E-state index contributed by atoms with van der Waals surface area (Å²) >= 11 is 1.35. The average molecular weight is 400 g/mol. The summed E-state index contributed by atoms with van der Waals surface area (Å²) < 4.78 is 6.75. The molecule has 0 aliphatic carbocycles. The molecule has 1 saturated heterocycles. The number of hydrogen-bond donors (Lipinski definition) is 1. The van der Waals surface area contributed by atoms with E-state index in [1.807, 2.05) is 18.2 Å². The Hall–Kier alpha value is -2.94. The van der Waals surface area contributed by atoms with Gasteiger partial charge in [0.25, 0.3) is 0 Å². The minimum absolute atomic E-state index is 0.0716. The van der Waals surface area contributed by atoms with E-state index < -0.39 is 11.8 Å². The van der Waals surface area contributed by atoms with Gasteiger partial charge in [-0.2, -0.15) is 0 Å². The monoisotopic (exact) mass is 400 g/mol. The minimum Gasteiger partial charge on any atom is -0.408 e. The van der Waals surface area contributed by atoms with Crippen LogP contribution in [0.5, 0.6) is 0 Å². The molecule has 1 atom stereocenters. The summed E-state index contributed by atoms with van der Waals surface area (Å²) in [5.74, 6) is -0.689. The smallest absolute Gasteiger partial charge is 0.408 e. The van der Waals surface area contributed by atoms with Crippen LogP contribution in [0.15, 0.2) is 45.1 Å². The maximum absolute atomic E-state index is 12.7. The Morgan fingerprint density at radius 2 is 2.18 bits per heavy atom. The van der Waals surface area contributed by atoms with Crippen LogP contribution in [-0.4, -0.2) is 38.9 Å². The molecule has 1 unspecified atom stereocenters. The van der Waals surface area contributed by atoms with Gasteiger partial charge in [0.1, 0.15) is 6.04 Å². The minimum atomic E-state index is -0.464. The van der Waals surface area contributed by atoms with Crippen molar-refractivity contribution in [2.45, 2.75) is 38.3 Å². The van der Waals surface area contributed by atoms with Gasteiger partial charge in [-0.1, -0.05) is 12.1 Å². The lowest BCUT2D eigenvalue weighted by atomic mass is 10.2. The van der Waals surface area contributed by atoms with Crippen LogP contribution in [0.4, 0.5) is 5.13 Å². The lowest BCUT2D eigenvalue weighted by Crippen LogP contribution is -2.43. The Morgan fingerprint density at radius 1 is 1.32 bits per heavy atom. The quantitative estimate of drug-likeness (QED) is 0.685. The first-order valence-electron chi connectivity index (χ1n) is 9.21. The van der Waals surface area contributed by atoms with Crippen molar-refractivity contribution in [3.63, 3.8) is 0 Å². The summed E-state index contributed by atoms with van der Waals surface area (Å²) in [4.78, 5) is 42.8. The summed E-state index contributed by atoms with van der Waals surface area (Å²) in [6.45, 7) is 0.967. The van der Waals surface area contributed by atoms with Gasteiger partial charge in [0.05, 0.1) is 5.52 Å². The van der Waals surface area contributed by atoms with Crippen molar-refractivity contribution in [1.29, 1.82) is 0 Å². The van der Waals surface area contributed by atoms with Crippen molar-refractivity contribution in [3.8, 4) is 0 Å². The Morgan fingerprint density at radius 3 is 3.00 bits per heavy atom. The highest BCUT2D eigenvalue weighted by atomic mass is 32.1. The number of para-hydroxylation sites is 2. The van der Waals surface area contributed by atoms with Crippen LogP contribution in [0.2, 0.25) is 0 Å². The van der Waals surface area contributed by atoms with Gasteiger partial charge in [-0.25, -0.2) is 9.78 Å². The number of likely N-dealkylation sites (tertiary alicyclic amines) is 1. The number of aryl methyl sites for hydroxylation is 1. The summed E-state index contributed by atoms with van der Waals surface area (Å²) in [7, 11) is 0. The maximum atomic E-state index is 12.7. The predicted octanol–water partition coefficient (Wildman–Crippen LogP) is 2.46. The van der Waals surface area contributed by atoms with E-state index in [4.69, 9.17) is 4.42 Å². The van der Waals surface area contributed by atoms with Crippen LogP contribution < -0.4 is 11.1 Å². The molecule has 9 heteroatoms. The van der Waals surface area contributed by atoms with Crippen LogP contribution in [0.25, 0.3) is 11.1 Å². The molecule has 1 aliphatic rings. The normalized spacial score (nSPS) is 16.6. The number of rotatable bonds is 6. The van der Waals surface area contributed by atoms with E-state index in [-0.39, 0.29) is 18.2 Å². The lowest BCUT2D eigenvalue weighted by molar-refractivity contribution is -0.136. The first-order chi connectivity index (χ1) is 13.6. The second-order valence-electron chi connectivity index (χ2n) is 6.66. The molecule has 2 amide bonds. The van der Waals surface area contributed by atoms with Crippen molar-refractivity contribution in [2.24, 2.45) is 0 Å². The fourth-order valence-electron chi connectivity index (χ4n) is 3.57. The molecule has 0 saturated carbocycles. The summed E-state index contributed by atoms with van der Waals surface area (Å²) in [5, 5.41) is 5.10. The van der Waals surface area contributed by atoms with E-state index in [2.05, 4.69) is 10.3 Å². The van der Waals surface area contributed by atoms with E-state index in [0.717, 1.165) is 11.9 Å². The van der Waals surface area contributed by atoms with Crippen molar-refractivity contribution in [1.82, 2.24) is 14.5 Å². The molecule has 4 rings (SSSR count). The zero-order chi connectivity index (χ0) is 19.5. The molecule has 28 heavy (non-hydrogen) atoms. The molecule has 1 aliphatic heterocycles. The third-order valence-corrected chi connectivity index (χ3v) is 5.57. The van der Waals surface area contributed by atoms with Crippen molar-refractivity contribution in [2.75, 3.05) is 11.9 Å². The Kier molecular flexibility index (Phi) is 5.25. The summed E-state index contributed by atoms with van der Waals surface area (Å²) in [6.07, 6.45) is 3.84. The molecular weight excluding hydrogens is 380 g/mol. The third kappa shape index (κ3) is 3.70. The lowest BCUT2D eigenvalue weighted by Gasteiger charge is -2.23. The van der Waals surface area contributed by atoms with E-state index in [0.29, 0.717) is 36.6 Å². The Bertz CT molecular complexity index is 1040. The average Bonchev–Trinajstić information content (AvgIpc) is 3.42. The van der Waals surface area contributed by atoms with Crippen LogP contribution in [0.1, 0.15) is 25.7 Å². The van der Waals surface area contributed by atoms with Crippen LogP contribution in [0, 0.1) is 0 Å². The van der Waals surface area contributed by atoms with E-state index in [1.54, 1.807) is 27.1 Å². The third-order valence-electron chi connectivity index (χ3n) is 4.88. The Labute approximate surface area is 164 Å². The highest BCUT2D eigenvalue weighted by Crippen LogP contribution is 2.21. The first-order valence-corrected chi connectivity index (χ1v) is 10.1. The molecule has 146 valence electrons. The highest BCUT2D eigenvalue weighted by Gasteiger charge is 2.34. The predicted molar refractivity (Wildman–Crippen MR) is 105 cm³/mol. The molecule has 8 nitrogen and oxygen atoms in total. The van der Waals surface area contributed by atoms with Gasteiger partial charge in [-0.05, 0) is 31.4 Å². The molecule has 1 fully saturated rings. The van der Waals surface area contributed by atoms with E-state index in [1.165, 1.54) is 11.3 Å². The second kappa shape index (κ2) is 7.97. The number of thiazole rings is 1. The van der Waals surface area contributed by atoms with E-state index in [9.17, 15) is 14.4 Å². The number of nitrogens with one attached hydrogen (secondary N) is 1. The van der Waals surface area contributed by atoms with Crippen LogP contribution >= 0.6 is 11.3 Å². The molecule has 0 bridgehead atoms. The highest BCUT2D eigenvalue weighted by molar-refractivity contribution is 7.13. The Balaban J connectivity index is 1.35. The standard InChI is InChI=1S/C19H20N4O4S/c24-16(8-4-11-23-13-5-1-2-7-15(13)27-19(23)26)22-10-3-6-14(22)17(25)21-18-20-9-12-28-18/h1-2,5,7,9,12,14H,3-4,6,8,10-11H2,(H,20,21,25). The van der Waals surface area contributed by atoms with Gasteiger partial charge in [-0.3, -0.25) is 14.2 Å². The van der Waals surface area contributed by atoms with Gasteiger partial charge in [0, 0.05) is 31.1 Å². The largest absolute Gasteiger partial charge is 0.419 e. The van der Waals surface area contributed by atoms with Crippen molar-refractivity contribution in [3.05, 3.63) is 46.4 Å². The molecule has 2 aromatic heterocycles. The zero-order valence-electron chi connectivity index (χ0n) is 15.2. The number of anilines is 1. The number of carbonyl (C=O) groups excluding carboxylic acids is 2. The molecular formula is C19H20N4O4S. The fraction of sp³-hybridized carbons (Fsp3) is 0.368. The zero-order valence-corrected chi connectivity index (χ0v) is 16.0. The van der Waals surface area contributed by atoms with Gasteiger partial charge in [0.2, 0.25) is 11.8 Å². The molecule has 3 aromatic rings. The number of nitrogens with zero attached hydrogens (tertiary/aromatic N) is 3. The van der Waals surface area contributed by atoms with Gasteiger partial charge in [-0.15, -0.1) is 11.3 Å². The first kappa shape index (κ1) is 18.4. The van der Waals surface area contributed by atoms with Gasteiger partial charge < -0.3 is 14.6 Å². The summed E-state index contributed by atoms with van der Waals surface area (Å²) in [6, 6.07) is 6.75. The van der Waals surface area contributed by atoms with Crippen molar-refractivity contribution >= 4 is 39.4 Å². The number of fused-ring (bicyclic) bond motifs is 1. The molecule has 0 spiro atoms. The number of aromatic nitrogens is 2. The number of oxazole rings is 1. The molecule has 1 N–H and O–H groups in total. The van der Waals surface area contributed by atoms with E-state index >= 15 is 0 Å². The van der Waals surface area contributed by atoms with Crippen molar-refractivity contribution < 1.29 is 14.0 Å². The molecule has 3 heterocycles.